The minimum Gasteiger partial charge on any atom is -0.361 e. The van der Waals surface area contributed by atoms with Gasteiger partial charge in [0.15, 0.2) is 0 Å². The van der Waals surface area contributed by atoms with E-state index >= 15 is 0 Å². The van der Waals surface area contributed by atoms with E-state index in [1.807, 2.05) is 23.9 Å². The van der Waals surface area contributed by atoms with Gasteiger partial charge in [0.2, 0.25) is 5.91 Å². The predicted octanol–water partition coefficient (Wildman–Crippen LogP) is 3.37. The number of hydrogen-bond acceptors (Lipinski definition) is 2. The van der Waals surface area contributed by atoms with Crippen LogP contribution in [0.15, 0.2) is 42.7 Å². The summed E-state index contributed by atoms with van der Waals surface area (Å²) in [4.78, 5) is 17.4. The van der Waals surface area contributed by atoms with Crippen LogP contribution in [-0.4, -0.2) is 32.6 Å². The Labute approximate surface area is 142 Å². The third-order valence-electron chi connectivity index (χ3n) is 4.44. The molecule has 5 nitrogen and oxygen atoms in total. The number of fused-ring (bicyclic) bond motifs is 1. The zero-order valence-electron chi connectivity index (χ0n) is 14.3. The lowest BCUT2D eigenvalue weighted by Crippen LogP contribution is -2.27. The highest BCUT2D eigenvalue weighted by Crippen LogP contribution is 2.19. The quantitative estimate of drug-likeness (QED) is 0.724. The first-order chi connectivity index (χ1) is 11.7. The molecule has 126 valence electrons. The van der Waals surface area contributed by atoms with Gasteiger partial charge in [-0.1, -0.05) is 18.2 Å². The molecule has 0 saturated heterocycles. The van der Waals surface area contributed by atoms with Gasteiger partial charge in [-0.2, -0.15) is 5.10 Å². The topological polar surface area (TPSA) is 53.9 Å². The highest BCUT2D eigenvalue weighted by atomic mass is 16.2. The first kappa shape index (κ1) is 16.3. The van der Waals surface area contributed by atoms with Crippen molar-refractivity contribution in [3.63, 3.8) is 0 Å². The molecule has 1 aromatic carbocycles. The van der Waals surface area contributed by atoms with E-state index in [2.05, 4.69) is 41.4 Å². The molecule has 2 aromatic heterocycles. The smallest absolute Gasteiger partial charge is 0.222 e. The number of hydrogen-bond donors (Lipinski definition) is 1. The fourth-order valence-electron chi connectivity index (χ4n) is 3.07. The van der Waals surface area contributed by atoms with E-state index in [1.54, 1.807) is 11.1 Å². The van der Waals surface area contributed by atoms with Gasteiger partial charge < -0.3 is 9.88 Å². The van der Waals surface area contributed by atoms with Crippen molar-refractivity contribution in [2.24, 2.45) is 0 Å². The number of nitrogens with one attached hydrogen (secondary N) is 1. The van der Waals surface area contributed by atoms with Crippen molar-refractivity contribution >= 4 is 16.8 Å². The Morgan fingerprint density at radius 3 is 2.96 bits per heavy atom. The van der Waals surface area contributed by atoms with Crippen LogP contribution in [-0.2, 0) is 24.3 Å². The maximum atomic E-state index is 12.3. The summed E-state index contributed by atoms with van der Waals surface area (Å²) in [5.41, 5.74) is 3.51. The van der Waals surface area contributed by atoms with Gasteiger partial charge in [-0.15, -0.1) is 0 Å². The molecule has 0 radical (unpaired) electrons. The summed E-state index contributed by atoms with van der Waals surface area (Å²) in [5, 5.41) is 5.50. The summed E-state index contributed by atoms with van der Waals surface area (Å²) in [7, 11) is 1.86. The van der Waals surface area contributed by atoms with Crippen LogP contribution in [0.1, 0.15) is 31.0 Å². The van der Waals surface area contributed by atoms with Crippen LogP contribution in [0.25, 0.3) is 10.9 Å². The third-order valence-corrected chi connectivity index (χ3v) is 4.44. The zero-order chi connectivity index (χ0) is 16.9. The molecule has 0 fully saturated rings. The summed E-state index contributed by atoms with van der Waals surface area (Å²) in [5.74, 6) is 0.179. The number of H-pyrrole nitrogens is 1. The summed E-state index contributed by atoms with van der Waals surface area (Å²) in [6, 6.07) is 10.3. The van der Waals surface area contributed by atoms with Crippen LogP contribution in [0, 0.1) is 0 Å². The van der Waals surface area contributed by atoms with Crippen molar-refractivity contribution in [2.45, 2.75) is 39.3 Å². The van der Waals surface area contributed by atoms with Crippen molar-refractivity contribution in [1.82, 2.24) is 19.7 Å². The number of aryl methyl sites for hydroxylation is 2. The Morgan fingerprint density at radius 2 is 2.12 bits per heavy atom. The normalized spacial score (nSPS) is 11.1. The monoisotopic (exact) mass is 324 g/mol. The summed E-state index contributed by atoms with van der Waals surface area (Å²) >= 11 is 0. The largest absolute Gasteiger partial charge is 0.361 e. The Kier molecular flexibility index (Phi) is 4.99. The third kappa shape index (κ3) is 3.50. The van der Waals surface area contributed by atoms with Crippen molar-refractivity contribution in [2.75, 3.05) is 7.05 Å². The van der Waals surface area contributed by atoms with Crippen LogP contribution in [0.2, 0.25) is 0 Å². The summed E-state index contributed by atoms with van der Waals surface area (Å²) < 4.78 is 1.93. The second-order valence-electron chi connectivity index (χ2n) is 6.10. The molecule has 3 rings (SSSR count). The van der Waals surface area contributed by atoms with E-state index in [-0.39, 0.29) is 5.91 Å². The van der Waals surface area contributed by atoms with Crippen LogP contribution in [0.5, 0.6) is 0 Å². The first-order valence-electron chi connectivity index (χ1n) is 8.48. The van der Waals surface area contributed by atoms with E-state index in [1.165, 1.54) is 10.9 Å². The second kappa shape index (κ2) is 7.34. The standard InChI is InChI=1S/C19H24N4O/c1-3-23-16(11-12-21-23)14-22(2)19(24)10-6-7-15-13-20-18-9-5-4-8-17(15)18/h4-5,8-9,11-13,20H,3,6-7,10,14H2,1-2H3. The lowest BCUT2D eigenvalue weighted by molar-refractivity contribution is -0.130. The van der Waals surface area contributed by atoms with Crippen molar-refractivity contribution in [1.29, 1.82) is 0 Å². The SMILES string of the molecule is CCn1nccc1CN(C)C(=O)CCCc1c[nH]c2ccccc12. The minimum absolute atomic E-state index is 0.179. The first-order valence-corrected chi connectivity index (χ1v) is 8.48. The van der Waals surface area contributed by atoms with Crippen LogP contribution in [0.4, 0.5) is 0 Å². The summed E-state index contributed by atoms with van der Waals surface area (Å²) in [6.45, 7) is 3.49. The van der Waals surface area contributed by atoms with E-state index in [4.69, 9.17) is 0 Å². The van der Waals surface area contributed by atoms with Gasteiger partial charge >= 0.3 is 0 Å². The van der Waals surface area contributed by atoms with Gasteiger partial charge in [0.25, 0.3) is 0 Å². The average molecular weight is 324 g/mol. The number of amides is 1. The molecule has 0 atom stereocenters. The number of aromatic amines is 1. The molecule has 1 amide bonds. The van der Waals surface area contributed by atoms with Crippen LogP contribution >= 0.6 is 0 Å². The molecule has 0 unspecified atom stereocenters. The highest BCUT2D eigenvalue weighted by Gasteiger charge is 2.12. The molecule has 3 aromatic rings. The Morgan fingerprint density at radius 1 is 1.29 bits per heavy atom. The summed E-state index contributed by atoms with van der Waals surface area (Å²) in [6.07, 6.45) is 6.18. The molecule has 0 saturated carbocycles. The highest BCUT2D eigenvalue weighted by molar-refractivity contribution is 5.83. The Bertz CT molecular complexity index is 818. The van der Waals surface area contributed by atoms with Gasteiger partial charge in [0.1, 0.15) is 0 Å². The maximum absolute atomic E-state index is 12.3. The molecule has 24 heavy (non-hydrogen) atoms. The van der Waals surface area contributed by atoms with Crippen LogP contribution < -0.4 is 0 Å². The number of carbonyl (C=O) groups is 1. The minimum atomic E-state index is 0.179. The average Bonchev–Trinajstić information content (AvgIpc) is 3.21. The number of benzene rings is 1. The lowest BCUT2D eigenvalue weighted by atomic mass is 10.1. The van der Waals surface area contributed by atoms with Crippen molar-refractivity contribution in [3.05, 3.63) is 54.0 Å². The molecule has 5 heteroatoms. The van der Waals surface area contributed by atoms with Crippen molar-refractivity contribution in [3.8, 4) is 0 Å². The van der Waals surface area contributed by atoms with Crippen LogP contribution in [0.3, 0.4) is 0 Å². The van der Waals surface area contributed by atoms with Gasteiger partial charge in [-0.25, -0.2) is 0 Å². The van der Waals surface area contributed by atoms with E-state index < -0.39 is 0 Å². The molecule has 0 bridgehead atoms. The number of aromatic nitrogens is 3. The molecular formula is C19H24N4O. The molecule has 0 aliphatic rings. The Hall–Kier alpha value is -2.56. The number of rotatable bonds is 7. The fraction of sp³-hybridized carbons (Fsp3) is 0.368. The van der Waals surface area contributed by atoms with Gasteiger partial charge in [-0.05, 0) is 37.5 Å². The molecule has 0 aliphatic heterocycles. The zero-order valence-corrected chi connectivity index (χ0v) is 14.3. The number of para-hydroxylation sites is 1. The van der Waals surface area contributed by atoms with Gasteiger partial charge in [-0.3, -0.25) is 9.48 Å². The fourth-order valence-corrected chi connectivity index (χ4v) is 3.07. The molecular weight excluding hydrogens is 300 g/mol. The Balaban J connectivity index is 1.52. The second-order valence-corrected chi connectivity index (χ2v) is 6.10. The molecule has 2 heterocycles. The number of nitrogens with zero attached hydrogens (tertiary/aromatic N) is 3. The van der Waals surface area contributed by atoms with Gasteiger partial charge in [0.05, 0.1) is 12.2 Å². The molecule has 1 N–H and O–H groups in total. The molecule has 0 spiro atoms. The lowest BCUT2D eigenvalue weighted by Gasteiger charge is -2.17. The molecule has 0 aliphatic carbocycles. The van der Waals surface area contributed by atoms with E-state index in [0.29, 0.717) is 13.0 Å². The maximum Gasteiger partial charge on any atom is 0.222 e. The van der Waals surface area contributed by atoms with Gasteiger partial charge in [0, 0.05) is 43.3 Å². The predicted molar refractivity (Wildman–Crippen MR) is 95.6 cm³/mol. The van der Waals surface area contributed by atoms with Crippen molar-refractivity contribution < 1.29 is 4.79 Å². The van der Waals surface area contributed by atoms with E-state index in [0.717, 1.165) is 30.6 Å². The number of carbonyl (C=O) groups excluding carboxylic acids is 1. The van der Waals surface area contributed by atoms with E-state index in [9.17, 15) is 4.79 Å².